The van der Waals surface area contributed by atoms with Gasteiger partial charge in [0.2, 0.25) is 0 Å². The molecule has 1 aromatic carbocycles. The van der Waals surface area contributed by atoms with Crippen LogP contribution in [0, 0.1) is 10.1 Å². The number of rotatable bonds is 4. The molecule has 1 atom stereocenters. The van der Waals surface area contributed by atoms with Gasteiger partial charge in [0.05, 0.1) is 21.2 Å². The predicted molar refractivity (Wildman–Crippen MR) is 102 cm³/mol. The molecule has 8 nitrogen and oxygen atoms in total. The lowest BCUT2D eigenvalue weighted by molar-refractivity contribution is -0.384. The lowest BCUT2D eigenvalue weighted by atomic mass is 10.0. The highest BCUT2D eigenvalue weighted by Crippen LogP contribution is 2.31. The molecule has 9 heteroatoms. The normalized spacial score (nSPS) is 17.7. The van der Waals surface area contributed by atoms with E-state index >= 15 is 0 Å². The fourth-order valence-electron chi connectivity index (χ4n) is 2.97. The van der Waals surface area contributed by atoms with Crippen molar-refractivity contribution in [2.75, 3.05) is 13.2 Å². The zero-order chi connectivity index (χ0) is 19.6. The van der Waals surface area contributed by atoms with Crippen molar-refractivity contribution in [1.29, 1.82) is 0 Å². The van der Waals surface area contributed by atoms with Gasteiger partial charge in [-0.2, -0.15) is 0 Å². The average Bonchev–Trinajstić information content (AvgIpc) is 3.00. The minimum Gasteiger partial charge on any atom is -0.468 e. The Morgan fingerprint density at radius 3 is 2.89 bits per heavy atom. The van der Waals surface area contributed by atoms with Gasteiger partial charge in [-0.25, -0.2) is 9.78 Å². The molecule has 0 radical (unpaired) electrons. The minimum atomic E-state index is -0.540. The van der Waals surface area contributed by atoms with Crippen molar-refractivity contribution in [2.24, 2.45) is 0 Å². The fraction of sp³-hybridized carbons (Fsp3) is 0.556. The highest BCUT2D eigenvalue weighted by Gasteiger charge is 2.31. The van der Waals surface area contributed by atoms with Crippen LogP contribution in [-0.4, -0.2) is 45.7 Å². The molecule has 146 valence electrons. The van der Waals surface area contributed by atoms with Crippen LogP contribution in [0.15, 0.2) is 18.2 Å². The predicted octanol–water partition coefficient (Wildman–Crippen LogP) is 4.37. The molecule has 0 N–H and O–H groups in total. The van der Waals surface area contributed by atoms with Gasteiger partial charge in [-0.15, -0.1) is 0 Å². The number of hydrogen-bond acceptors (Lipinski definition) is 7. The number of nitro groups is 1. The van der Waals surface area contributed by atoms with Gasteiger partial charge in [0, 0.05) is 18.7 Å². The average molecular weight is 393 g/mol. The highest BCUT2D eigenvalue weighted by atomic mass is 32.1. The first-order valence-electron chi connectivity index (χ1n) is 8.90. The Morgan fingerprint density at radius 1 is 1.41 bits per heavy atom. The third-order valence-corrected chi connectivity index (χ3v) is 5.17. The van der Waals surface area contributed by atoms with Crippen molar-refractivity contribution < 1.29 is 19.2 Å². The summed E-state index contributed by atoms with van der Waals surface area (Å²) >= 11 is 1.34. The van der Waals surface area contributed by atoms with Gasteiger partial charge in [-0.1, -0.05) is 11.3 Å². The quantitative estimate of drug-likeness (QED) is 0.565. The van der Waals surface area contributed by atoms with Gasteiger partial charge < -0.3 is 14.4 Å². The first-order chi connectivity index (χ1) is 12.7. The lowest BCUT2D eigenvalue weighted by Crippen LogP contribution is -2.48. The van der Waals surface area contributed by atoms with Gasteiger partial charge in [-0.05, 0) is 46.1 Å². The smallest absolute Gasteiger partial charge is 0.410 e. The monoisotopic (exact) mass is 393 g/mol. The van der Waals surface area contributed by atoms with Crippen LogP contribution in [-0.2, 0) is 4.74 Å². The maximum atomic E-state index is 12.4. The van der Waals surface area contributed by atoms with Gasteiger partial charge in [-0.3, -0.25) is 10.1 Å². The molecular weight excluding hydrogens is 370 g/mol. The maximum Gasteiger partial charge on any atom is 0.410 e. The summed E-state index contributed by atoms with van der Waals surface area (Å²) in [4.78, 5) is 28.9. The van der Waals surface area contributed by atoms with E-state index < -0.39 is 10.5 Å². The minimum absolute atomic E-state index is 0.00253. The molecule has 2 heterocycles. The fourth-order valence-corrected chi connectivity index (χ4v) is 3.78. The van der Waals surface area contributed by atoms with E-state index in [-0.39, 0.29) is 17.8 Å². The summed E-state index contributed by atoms with van der Waals surface area (Å²) in [6, 6.07) is 4.49. The second-order valence-electron chi connectivity index (χ2n) is 7.52. The standard InChI is InChI=1S/C18H23N3O5S/c1-18(2,3)26-17(22)20-9-5-4-6-13(20)11-25-16-19-14-10-12(21(23)24)7-8-15(14)27-16/h7-8,10,13H,4-6,9,11H2,1-3H3/t13-/m1/s1. The van der Waals surface area contributed by atoms with Crippen molar-refractivity contribution in [3.63, 3.8) is 0 Å². The Morgan fingerprint density at radius 2 is 2.19 bits per heavy atom. The number of amides is 1. The van der Waals surface area contributed by atoms with Crippen molar-refractivity contribution in [3.8, 4) is 5.19 Å². The molecular formula is C18H23N3O5S. The molecule has 1 fully saturated rings. The Kier molecular flexibility index (Phi) is 5.50. The zero-order valence-corrected chi connectivity index (χ0v) is 16.5. The summed E-state index contributed by atoms with van der Waals surface area (Å²) in [6.45, 7) is 6.51. The number of piperidine rings is 1. The Bertz CT molecular complexity index is 845. The van der Waals surface area contributed by atoms with E-state index in [0.29, 0.717) is 23.9 Å². The number of fused-ring (bicyclic) bond motifs is 1. The molecule has 1 saturated heterocycles. The van der Waals surface area contributed by atoms with Crippen LogP contribution < -0.4 is 4.74 Å². The summed E-state index contributed by atoms with van der Waals surface area (Å²) in [7, 11) is 0. The SMILES string of the molecule is CC(C)(C)OC(=O)N1CCCC[C@@H]1COc1nc2cc([N+](=O)[O-])ccc2s1. The molecule has 0 bridgehead atoms. The second kappa shape index (κ2) is 7.67. The van der Waals surface area contributed by atoms with E-state index in [2.05, 4.69) is 4.98 Å². The topological polar surface area (TPSA) is 94.8 Å². The third-order valence-electron chi connectivity index (χ3n) is 4.22. The summed E-state index contributed by atoms with van der Waals surface area (Å²) < 4.78 is 12.1. The highest BCUT2D eigenvalue weighted by molar-refractivity contribution is 7.20. The molecule has 0 saturated carbocycles. The Labute approximate surface area is 161 Å². The molecule has 0 aliphatic carbocycles. The number of carbonyl (C=O) groups excluding carboxylic acids is 1. The van der Waals surface area contributed by atoms with E-state index in [9.17, 15) is 14.9 Å². The van der Waals surface area contributed by atoms with E-state index in [1.54, 1.807) is 11.0 Å². The molecule has 2 aromatic rings. The van der Waals surface area contributed by atoms with Crippen LogP contribution in [0.4, 0.5) is 10.5 Å². The Balaban J connectivity index is 1.67. The largest absolute Gasteiger partial charge is 0.468 e. The number of non-ortho nitro benzene ring substituents is 1. The number of likely N-dealkylation sites (tertiary alicyclic amines) is 1. The van der Waals surface area contributed by atoms with Crippen LogP contribution in [0.25, 0.3) is 10.2 Å². The summed E-state index contributed by atoms with van der Waals surface area (Å²) in [5.74, 6) is 0. The van der Waals surface area contributed by atoms with Gasteiger partial charge in [0.15, 0.2) is 0 Å². The number of nitro benzene ring substituents is 1. The number of thiazole rings is 1. The Hall–Kier alpha value is -2.42. The van der Waals surface area contributed by atoms with Crippen LogP contribution in [0.2, 0.25) is 0 Å². The third kappa shape index (κ3) is 4.85. The zero-order valence-electron chi connectivity index (χ0n) is 15.6. The number of aromatic nitrogens is 1. The second-order valence-corrected chi connectivity index (χ2v) is 8.52. The molecule has 1 aromatic heterocycles. The number of ether oxygens (including phenoxy) is 2. The number of hydrogen-bond donors (Lipinski definition) is 0. The molecule has 27 heavy (non-hydrogen) atoms. The molecule has 1 amide bonds. The summed E-state index contributed by atoms with van der Waals surface area (Å²) in [5.41, 5.74) is 0.00128. The number of nitrogens with zero attached hydrogens (tertiary/aromatic N) is 3. The van der Waals surface area contributed by atoms with Gasteiger partial charge >= 0.3 is 6.09 Å². The first kappa shape index (κ1) is 19.3. The number of benzene rings is 1. The van der Waals surface area contributed by atoms with Crippen molar-refractivity contribution >= 4 is 33.3 Å². The molecule has 0 spiro atoms. The summed E-state index contributed by atoms with van der Waals surface area (Å²) in [5, 5.41) is 11.3. The van der Waals surface area contributed by atoms with E-state index in [0.717, 1.165) is 24.0 Å². The molecule has 3 rings (SSSR count). The maximum absolute atomic E-state index is 12.4. The number of carbonyl (C=O) groups is 1. The molecule has 1 aliphatic rings. The van der Waals surface area contributed by atoms with Gasteiger partial charge in [0.25, 0.3) is 10.9 Å². The van der Waals surface area contributed by atoms with Crippen LogP contribution in [0.3, 0.4) is 0 Å². The van der Waals surface area contributed by atoms with Crippen LogP contribution in [0.1, 0.15) is 40.0 Å². The summed E-state index contributed by atoms with van der Waals surface area (Å²) in [6.07, 6.45) is 2.49. The van der Waals surface area contributed by atoms with E-state index in [1.165, 1.54) is 23.5 Å². The van der Waals surface area contributed by atoms with Crippen LogP contribution in [0.5, 0.6) is 5.19 Å². The van der Waals surface area contributed by atoms with E-state index in [4.69, 9.17) is 9.47 Å². The lowest BCUT2D eigenvalue weighted by Gasteiger charge is -2.36. The van der Waals surface area contributed by atoms with Crippen LogP contribution >= 0.6 is 11.3 Å². The first-order valence-corrected chi connectivity index (χ1v) is 9.72. The van der Waals surface area contributed by atoms with Crippen molar-refractivity contribution in [2.45, 2.75) is 51.7 Å². The van der Waals surface area contributed by atoms with Gasteiger partial charge in [0.1, 0.15) is 12.2 Å². The van der Waals surface area contributed by atoms with Crippen molar-refractivity contribution in [3.05, 3.63) is 28.3 Å². The molecule has 1 aliphatic heterocycles. The van der Waals surface area contributed by atoms with E-state index in [1.807, 2.05) is 20.8 Å². The van der Waals surface area contributed by atoms with Crippen molar-refractivity contribution in [1.82, 2.24) is 9.88 Å². The molecule has 0 unspecified atom stereocenters.